The molecule has 0 spiro atoms. The molecule has 0 unspecified atom stereocenters. The van der Waals surface area contributed by atoms with Gasteiger partial charge in [-0.3, -0.25) is 4.79 Å². The van der Waals surface area contributed by atoms with Gasteiger partial charge in [-0.05, 0) is 24.1 Å². The first kappa shape index (κ1) is 17.4. The number of rotatable bonds is 8. The van der Waals surface area contributed by atoms with Crippen LogP contribution in [0, 0.1) is 5.82 Å². The fourth-order valence-corrected chi connectivity index (χ4v) is 4.46. The van der Waals surface area contributed by atoms with Gasteiger partial charge < -0.3 is 10.2 Å². The third-order valence-electron chi connectivity index (χ3n) is 4.04. The summed E-state index contributed by atoms with van der Waals surface area (Å²) in [5.74, 6) is 0.889. The third kappa shape index (κ3) is 4.78. The number of carbonyl (C=O) groups excluding carboxylic acids is 1. The smallest absolute Gasteiger partial charge is 0.222 e. The fourth-order valence-electron chi connectivity index (χ4n) is 2.81. The highest BCUT2D eigenvalue weighted by Crippen LogP contribution is 2.23. The molecule has 1 aliphatic heterocycles. The van der Waals surface area contributed by atoms with Gasteiger partial charge in [0.1, 0.15) is 10.2 Å². The first-order valence-electron chi connectivity index (χ1n) is 7.99. The summed E-state index contributed by atoms with van der Waals surface area (Å²) in [7, 11) is 0. The van der Waals surface area contributed by atoms with E-state index >= 15 is 0 Å². The summed E-state index contributed by atoms with van der Waals surface area (Å²) in [6.45, 7) is 2.21. The zero-order valence-electron chi connectivity index (χ0n) is 13.3. The maximum atomic E-state index is 12.9. The minimum absolute atomic E-state index is 0.218. The zero-order valence-corrected chi connectivity index (χ0v) is 14.9. The summed E-state index contributed by atoms with van der Waals surface area (Å²) in [5, 5.41) is 5.35. The molecule has 1 aromatic heterocycles. The van der Waals surface area contributed by atoms with Crippen LogP contribution in [0.3, 0.4) is 0 Å². The number of thiazole rings is 1. The van der Waals surface area contributed by atoms with E-state index in [4.69, 9.17) is 0 Å². The van der Waals surface area contributed by atoms with Crippen LogP contribution in [-0.4, -0.2) is 40.7 Å². The van der Waals surface area contributed by atoms with Crippen molar-refractivity contribution in [2.24, 2.45) is 0 Å². The molecule has 1 fully saturated rings. The van der Waals surface area contributed by atoms with Gasteiger partial charge in [0, 0.05) is 49.4 Å². The average Bonchev–Trinajstić information content (AvgIpc) is 3.21. The standard InChI is InChI=1S/C17H20FN3OS2/c18-14-3-1-13(2-4-14)11-19-12-15-5-6-16(22)21(15)8-10-24-17-20-7-9-23-17/h1-4,7,9,15,19H,5-6,8,10-12H2/t15-/m1/s1. The molecule has 0 bridgehead atoms. The van der Waals surface area contributed by atoms with E-state index in [1.807, 2.05) is 10.3 Å². The van der Waals surface area contributed by atoms with Crippen LogP contribution in [0.5, 0.6) is 0 Å². The lowest BCUT2D eigenvalue weighted by atomic mass is 10.2. The van der Waals surface area contributed by atoms with Crippen molar-refractivity contribution in [3.8, 4) is 0 Å². The van der Waals surface area contributed by atoms with Crippen molar-refractivity contribution in [3.63, 3.8) is 0 Å². The second-order valence-electron chi connectivity index (χ2n) is 5.68. The Morgan fingerprint density at radius 3 is 2.96 bits per heavy atom. The number of nitrogens with one attached hydrogen (secondary N) is 1. The largest absolute Gasteiger partial charge is 0.338 e. The Morgan fingerprint density at radius 2 is 2.21 bits per heavy atom. The maximum Gasteiger partial charge on any atom is 0.222 e. The lowest BCUT2D eigenvalue weighted by molar-refractivity contribution is -0.128. The van der Waals surface area contributed by atoms with Crippen LogP contribution >= 0.6 is 23.1 Å². The van der Waals surface area contributed by atoms with Crippen molar-refractivity contribution in [1.29, 1.82) is 0 Å². The van der Waals surface area contributed by atoms with Crippen LogP contribution in [0.15, 0.2) is 40.2 Å². The number of aromatic nitrogens is 1. The van der Waals surface area contributed by atoms with Gasteiger partial charge in [-0.2, -0.15) is 0 Å². The molecule has 2 heterocycles. The van der Waals surface area contributed by atoms with Gasteiger partial charge in [0.05, 0.1) is 0 Å². The Hall–Kier alpha value is -1.44. The molecule has 128 valence electrons. The zero-order chi connectivity index (χ0) is 16.8. The van der Waals surface area contributed by atoms with E-state index in [9.17, 15) is 9.18 Å². The Morgan fingerprint density at radius 1 is 1.38 bits per heavy atom. The van der Waals surface area contributed by atoms with Crippen LogP contribution in [0.1, 0.15) is 18.4 Å². The molecule has 0 radical (unpaired) electrons. The summed E-state index contributed by atoms with van der Waals surface area (Å²) in [4.78, 5) is 18.3. The molecule has 1 atom stereocenters. The molecule has 1 saturated heterocycles. The van der Waals surface area contributed by atoms with Gasteiger partial charge in [-0.1, -0.05) is 23.9 Å². The lowest BCUT2D eigenvalue weighted by Gasteiger charge is -2.25. The summed E-state index contributed by atoms with van der Waals surface area (Å²) in [6.07, 6.45) is 3.33. The molecular weight excluding hydrogens is 345 g/mol. The van der Waals surface area contributed by atoms with Gasteiger partial charge in [-0.25, -0.2) is 9.37 Å². The normalized spacial score (nSPS) is 17.6. The topological polar surface area (TPSA) is 45.2 Å². The first-order chi connectivity index (χ1) is 11.7. The van der Waals surface area contributed by atoms with E-state index in [-0.39, 0.29) is 17.8 Å². The van der Waals surface area contributed by atoms with Gasteiger partial charge in [0.15, 0.2) is 0 Å². The Bertz CT molecular complexity index is 648. The predicted molar refractivity (Wildman–Crippen MR) is 95.7 cm³/mol. The molecule has 0 aliphatic carbocycles. The second kappa shape index (κ2) is 8.60. The fraction of sp³-hybridized carbons (Fsp3) is 0.412. The summed E-state index contributed by atoms with van der Waals surface area (Å²) in [5.41, 5.74) is 1.05. The molecule has 1 aromatic carbocycles. The number of carbonyl (C=O) groups is 1. The Labute approximate surface area is 149 Å². The predicted octanol–water partition coefficient (Wildman–Crippen LogP) is 3.16. The molecule has 24 heavy (non-hydrogen) atoms. The van der Waals surface area contributed by atoms with E-state index < -0.39 is 0 Å². The SMILES string of the molecule is O=C1CC[C@H](CNCc2ccc(F)cc2)N1CCSc1nccs1. The minimum Gasteiger partial charge on any atom is -0.338 e. The molecule has 2 aromatic rings. The number of likely N-dealkylation sites (tertiary alicyclic amines) is 1. The Balaban J connectivity index is 1.43. The summed E-state index contributed by atoms with van der Waals surface area (Å²) >= 11 is 3.33. The van der Waals surface area contributed by atoms with Crippen LogP contribution in [-0.2, 0) is 11.3 Å². The number of amides is 1. The van der Waals surface area contributed by atoms with Crippen LogP contribution in [0.4, 0.5) is 4.39 Å². The van der Waals surface area contributed by atoms with Crippen molar-refractivity contribution in [3.05, 3.63) is 47.2 Å². The highest BCUT2D eigenvalue weighted by atomic mass is 32.2. The minimum atomic E-state index is -0.218. The molecule has 7 heteroatoms. The van der Waals surface area contributed by atoms with Crippen molar-refractivity contribution in [2.45, 2.75) is 29.8 Å². The van der Waals surface area contributed by atoms with Crippen LogP contribution < -0.4 is 5.32 Å². The van der Waals surface area contributed by atoms with E-state index in [2.05, 4.69) is 10.3 Å². The summed E-state index contributed by atoms with van der Waals surface area (Å²) < 4.78 is 13.9. The Kier molecular flexibility index (Phi) is 6.23. The van der Waals surface area contributed by atoms with Crippen LogP contribution in [0.2, 0.25) is 0 Å². The first-order valence-corrected chi connectivity index (χ1v) is 9.86. The van der Waals surface area contributed by atoms with E-state index in [1.165, 1.54) is 12.1 Å². The number of benzene rings is 1. The average molecular weight is 365 g/mol. The van der Waals surface area contributed by atoms with Crippen molar-refractivity contribution in [2.75, 3.05) is 18.8 Å². The molecule has 1 amide bonds. The van der Waals surface area contributed by atoms with Gasteiger partial charge in [-0.15, -0.1) is 11.3 Å². The van der Waals surface area contributed by atoms with Gasteiger partial charge in [0.25, 0.3) is 0 Å². The molecule has 4 nitrogen and oxygen atoms in total. The highest BCUT2D eigenvalue weighted by molar-refractivity contribution is 8.01. The number of hydrogen-bond acceptors (Lipinski definition) is 5. The van der Waals surface area contributed by atoms with Crippen LogP contribution in [0.25, 0.3) is 0 Å². The van der Waals surface area contributed by atoms with Gasteiger partial charge >= 0.3 is 0 Å². The number of thioether (sulfide) groups is 1. The molecule has 3 rings (SSSR count). The molecule has 0 saturated carbocycles. The van der Waals surface area contributed by atoms with E-state index in [0.29, 0.717) is 13.0 Å². The number of hydrogen-bond donors (Lipinski definition) is 1. The van der Waals surface area contributed by atoms with Gasteiger partial charge in [0.2, 0.25) is 5.91 Å². The van der Waals surface area contributed by atoms with E-state index in [0.717, 1.165) is 35.2 Å². The quantitative estimate of drug-likeness (QED) is 0.730. The third-order valence-corrected chi connectivity index (χ3v) is 5.99. The van der Waals surface area contributed by atoms with Crippen molar-refractivity contribution in [1.82, 2.24) is 15.2 Å². The van der Waals surface area contributed by atoms with Crippen molar-refractivity contribution < 1.29 is 9.18 Å². The van der Waals surface area contributed by atoms with E-state index in [1.54, 1.807) is 41.4 Å². The molecule has 1 aliphatic rings. The molecule has 1 N–H and O–H groups in total. The maximum absolute atomic E-state index is 12.9. The lowest BCUT2D eigenvalue weighted by Crippen LogP contribution is -2.41. The highest BCUT2D eigenvalue weighted by Gasteiger charge is 2.30. The number of nitrogens with zero attached hydrogens (tertiary/aromatic N) is 2. The molecular formula is C17H20FN3OS2. The summed E-state index contributed by atoms with van der Waals surface area (Å²) in [6, 6.07) is 6.75. The number of halogens is 1. The second-order valence-corrected chi connectivity index (χ2v) is 7.92. The van der Waals surface area contributed by atoms with Crippen molar-refractivity contribution >= 4 is 29.0 Å². The monoisotopic (exact) mass is 365 g/mol.